The van der Waals surface area contributed by atoms with Crippen LogP contribution in [0.1, 0.15) is 24.8 Å². The molecule has 1 aromatic rings. The van der Waals surface area contributed by atoms with Crippen LogP contribution in [-0.2, 0) is 6.54 Å². The van der Waals surface area contributed by atoms with Gasteiger partial charge in [-0.05, 0) is 50.0 Å². The predicted octanol–water partition coefficient (Wildman–Crippen LogP) is 1.73. The van der Waals surface area contributed by atoms with Gasteiger partial charge in [0, 0.05) is 12.6 Å². The minimum absolute atomic E-state index is 0.346. The van der Waals surface area contributed by atoms with Crippen LogP contribution in [0.4, 0.5) is 0 Å². The Morgan fingerprint density at radius 2 is 2.17 bits per heavy atom. The Morgan fingerprint density at radius 3 is 3.06 bits per heavy atom. The van der Waals surface area contributed by atoms with Gasteiger partial charge in [-0.25, -0.2) is 0 Å². The summed E-state index contributed by atoms with van der Waals surface area (Å²) in [5.41, 5.74) is 6.97. The average Bonchev–Trinajstić information content (AvgIpc) is 2.99. The van der Waals surface area contributed by atoms with Crippen LogP contribution in [0.5, 0.6) is 11.5 Å². The molecule has 2 aliphatic heterocycles. The van der Waals surface area contributed by atoms with Crippen molar-refractivity contribution in [1.82, 2.24) is 4.90 Å². The number of hydrogen-bond acceptors (Lipinski definition) is 4. The van der Waals surface area contributed by atoms with Crippen molar-refractivity contribution in [3.8, 4) is 11.5 Å². The van der Waals surface area contributed by atoms with Gasteiger partial charge in [-0.1, -0.05) is 6.07 Å². The fourth-order valence-electron chi connectivity index (χ4n) is 2.90. The number of fused-ring (bicyclic) bond motifs is 1. The highest BCUT2D eigenvalue weighted by Crippen LogP contribution is 2.33. The van der Waals surface area contributed by atoms with Crippen molar-refractivity contribution in [2.75, 3.05) is 19.9 Å². The van der Waals surface area contributed by atoms with Gasteiger partial charge in [-0.2, -0.15) is 0 Å². The zero-order valence-electron chi connectivity index (χ0n) is 10.6. The lowest BCUT2D eigenvalue weighted by Gasteiger charge is -2.24. The minimum Gasteiger partial charge on any atom is -0.454 e. The fraction of sp³-hybridized carbons (Fsp3) is 0.571. The topological polar surface area (TPSA) is 47.7 Å². The number of nitrogens with two attached hydrogens (primary N) is 1. The quantitative estimate of drug-likeness (QED) is 0.881. The molecule has 18 heavy (non-hydrogen) atoms. The molecule has 2 N–H and O–H groups in total. The van der Waals surface area contributed by atoms with Gasteiger partial charge in [0.25, 0.3) is 0 Å². The Morgan fingerprint density at radius 1 is 1.28 bits per heavy atom. The highest BCUT2D eigenvalue weighted by molar-refractivity contribution is 5.44. The number of rotatable bonds is 4. The molecule has 0 aromatic heterocycles. The Hall–Kier alpha value is -1.26. The molecule has 0 saturated carbocycles. The second-order valence-corrected chi connectivity index (χ2v) is 5.03. The molecule has 1 atom stereocenters. The SMILES string of the molecule is NCCC1CCCN1Cc1ccc2c(c1)OCO2. The van der Waals surface area contributed by atoms with E-state index >= 15 is 0 Å². The van der Waals surface area contributed by atoms with Gasteiger partial charge in [0.1, 0.15) is 0 Å². The van der Waals surface area contributed by atoms with Gasteiger partial charge in [0.05, 0.1) is 0 Å². The Labute approximate surface area is 108 Å². The molecule has 98 valence electrons. The summed E-state index contributed by atoms with van der Waals surface area (Å²) in [5.74, 6) is 1.74. The molecule has 2 aliphatic rings. The third kappa shape index (κ3) is 2.31. The van der Waals surface area contributed by atoms with Crippen LogP contribution in [0.25, 0.3) is 0 Å². The van der Waals surface area contributed by atoms with Crippen molar-refractivity contribution >= 4 is 0 Å². The van der Waals surface area contributed by atoms with Crippen molar-refractivity contribution in [2.45, 2.75) is 31.8 Å². The molecule has 2 heterocycles. The fourth-order valence-corrected chi connectivity index (χ4v) is 2.90. The molecular weight excluding hydrogens is 228 g/mol. The Bertz CT molecular complexity index is 422. The highest BCUT2D eigenvalue weighted by Gasteiger charge is 2.24. The summed E-state index contributed by atoms with van der Waals surface area (Å²) in [6.45, 7) is 3.29. The van der Waals surface area contributed by atoms with E-state index in [0.29, 0.717) is 12.8 Å². The van der Waals surface area contributed by atoms with Crippen LogP contribution >= 0.6 is 0 Å². The Kier molecular flexibility index (Phi) is 3.39. The summed E-state index contributed by atoms with van der Waals surface area (Å²) in [6, 6.07) is 6.89. The number of likely N-dealkylation sites (tertiary alicyclic amines) is 1. The van der Waals surface area contributed by atoms with E-state index in [1.54, 1.807) is 0 Å². The van der Waals surface area contributed by atoms with Crippen molar-refractivity contribution in [3.63, 3.8) is 0 Å². The molecule has 4 nitrogen and oxygen atoms in total. The standard InChI is InChI=1S/C14H20N2O2/c15-6-5-12-2-1-7-16(12)9-11-3-4-13-14(8-11)18-10-17-13/h3-4,8,12H,1-2,5-7,9-10,15H2. The second kappa shape index (κ2) is 5.16. The Balaban J connectivity index is 1.68. The minimum atomic E-state index is 0.346. The van der Waals surface area contributed by atoms with Crippen LogP contribution in [-0.4, -0.2) is 30.8 Å². The van der Waals surface area contributed by atoms with E-state index in [0.717, 1.165) is 31.0 Å². The molecule has 3 rings (SSSR count). The van der Waals surface area contributed by atoms with Gasteiger partial charge < -0.3 is 15.2 Å². The molecule has 0 amide bonds. The zero-order chi connectivity index (χ0) is 12.4. The predicted molar refractivity (Wildman–Crippen MR) is 69.7 cm³/mol. The maximum atomic E-state index is 5.67. The number of nitrogens with zero attached hydrogens (tertiary/aromatic N) is 1. The monoisotopic (exact) mass is 248 g/mol. The lowest BCUT2D eigenvalue weighted by atomic mass is 10.1. The van der Waals surface area contributed by atoms with Gasteiger partial charge in [0.15, 0.2) is 11.5 Å². The van der Waals surface area contributed by atoms with E-state index in [9.17, 15) is 0 Å². The van der Waals surface area contributed by atoms with E-state index in [1.807, 2.05) is 6.07 Å². The molecule has 1 saturated heterocycles. The molecular formula is C14H20N2O2. The van der Waals surface area contributed by atoms with Crippen molar-refractivity contribution in [1.29, 1.82) is 0 Å². The van der Waals surface area contributed by atoms with E-state index in [2.05, 4.69) is 17.0 Å². The van der Waals surface area contributed by atoms with Crippen molar-refractivity contribution in [3.05, 3.63) is 23.8 Å². The molecule has 0 spiro atoms. The van der Waals surface area contributed by atoms with Crippen LogP contribution in [0.2, 0.25) is 0 Å². The summed E-state index contributed by atoms with van der Waals surface area (Å²) in [5, 5.41) is 0. The molecule has 4 heteroatoms. The van der Waals surface area contributed by atoms with Gasteiger partial charge >= 0.3 is 0 Å². The molecule has 0 aliphatic carbocycles. The molecule has 1 aromatic carbocycles. The summed E-state index contributed by atoms with van der Waals surface area (Å²) in [7, 11) is 0. The first-order chi connectivity index (χ1) is 8.86. The van der Waals surface area contributed by atoms with E-state index in [-0.39, 0.29) is 0 Å². The summed E-state index contributed by atoms with van der Waals surface area (Å²) in [6.07, 6.45) is 3.67. The molecule has 1 fully saturated rings. The number of hydrogen-bond donors (Lipinski definition) is 1. The first-order valence-corrected chi connectivity index (χ1v) is 6.69. The zero-order valence-corrected chi connectivity index (χ0v) is 10.6. The summed E-state index contributed by atoms with van der Waals surface area (Å²) in [4.78, 5) is 2.53. The maximum absolute atomic E-state index is 5.67. The van der Waals surface area contributed by atoms with Gasteiger partial charge in [0.2, 0.25) is 6.79 Å². The van der Waals surface area contributed by atoms with Gasteiger partial charge in [-0.3, -0.25) is 4.90 Å². The molecule has 0 bridgehead atoms. The summed E-state index contributed by atoms with van der Waals surface area (Å²) >= 11 is 0. The maximum Gasteiger partial charge on any atom is 0.231 e. The molecule has 1 unspecified atom stereocenters. The third-order valence-corrected chi connectivity index (χ3v) is 3.82. The number of benzene rings is 1. The number of ether oxygens (including phenoxy) is 2. The van der Waals surface area contributed by atoms with Crippen LogP contribution in [0, 0.1) is 0 Å². The first kappa shape index (κ1) is 11.8. The van der Waals surface area contributed by atoms with Crippen molar-refractivity contribution in [2.24, 2.45) is 5.73 Å². The largest absolute Gasteiger partial charge is 0.454 e. The van der Waals surface area contributed by atoms with Crippen molar-refractivity contribution < 1.29 is 9.47 Å². The van der Waals surface area contributed by atoms with Crippen LogP contribution in [0.15, 0.2) is 18.2 Å². The molecule has 0 radical (unpaired) electrons. The van der Waals surface area contributed by atoms with E-state index in [1.165, 1.54) is 24.9 Å². The average molecular weight is 248 g/mol. The third-order valence-electron chi connectivity index (χ3n) is 3.82. The first-order valence-electron chi connectivity index (χ1n) is 6.69. The van der Waals surface area contributed by atoms with E-state index < -0.39 is 0 Å². The van der Waals surface area contributed by atoms with Crippen LogP contribution < -0.4 is 15.2 Å². The lowest BCUT2D eigenvalue weighted by Crippen LogP contribution is -2.30. The van der Waals surface area contributed by atoms with Gasteiger partial charge in [-0.15, -0.1) is 0 Å². The normalized spacial score (nSPS) is 22.6. The van der Waals surface area contributed by atoms with E-state index in [4.69, 9.17) is 15.2 Å². The summed E-state index contributed by atoms with van der Waals surface area (Å²) < 4.78 is 10.7. The highest BCUT2D eigenvalue weighted by atomic mass is 16.7. The second-order valence-electron chi connectivity index (χ2n) is 5.03. The lowest BCUT2D eigenvalue weighted by molar-refractivity contribution is 0.174. The smallest absolute Gasteiger partial charge is 0.231 e. The van der Waals surface area contributed by atoms with Crippen LogP contribution in [0.3, 0.4) is 0 Å².